The predicted octanol–water partition coefficient (Wildman–Crippen LogP) is 4.47. The lowest BCUT2D eigenvalue weighted by atomic mass is 10.2. The second kappa shape index (κ2) is 8.31. The molecule has 1 amide bonds. The number of carbonyl (C=O) groups is 1. The van der Waals surface area contributed by atoms with Gasteiger partial charge in [0.15, 0.2) is 0 Å². The average molecular weight is 413 g/mol. The number of carbonyl (C=O) groups excluding carboxylic acids is 1. The number of hydrogen-bond donors (Lipinski definition) is 1. The average Bonchev–Trinajstić information content (AvgIpc) is 3.20. The molecule has 1 fully saturated rings. The summed E-state index contributed by atoms with van der Waals surface area (Å²) in [5.41, 5.74) is 3.24. The molecule has 5 nitrogen and oxygen atoms in total. The molecule has 1 aliphatic heterocycles. The molecule has 2 aromatic carbocycles. The minimum atomic E-state index is -0.196. The summed E-state index contributed by atoms with van der Waals surface area (Å²) in [6, 6.07) is 15.4. The molecule has 7 heteroatoms. The fourth-order valence-corrected chi connectivity index (χ4v) is 4.12. The number of nitrogens with zero attached hydrogens (tertiary/aromatic N) is 3. The number of halogens is 1. The van der Waals surface area contributed by atoms with Gasteiger partial charge in [-0.15, -0.1) is 11.3 Å². The first-order valence-corrected chi connectivity index (χ1v) is 10.4. The molecule has 2 heterocycles. The van der Waals surface area contributed by atoms with Gasteiger partial charge in [0.25, 0.3) is 5.91 Å². The number of nitrogens with one attached hydrogen (secondary N) is 1. The van der Waals surface area contributed by atoms with Gasteiger partial charge < -0.3 is 15.1 Å². The number of likely N-dealkylation sites (N-methyl/N-ethyl adjacent to an activating group) is 1. The number of para-hydroxylation sites is 2. The third kappa shape index (κ3) is 4.19. The van der Waals surface area contributed by atoms with Crippen LogP contribution in [0.5, 0.6) is 0 Å². The summed E-state index contributed by atoms with van der Waals surface area (Å²) in [6.45, 7) is 3.92. The fourth-order valence-electron chi connectivity index (χ4n) is 3.19. The lowest BCUT2D eigenvalue weighted by molar-refractivity contribution is 0.102. The lowest BCUT2D eigenvalue weighted by Gasteiger charge is -2.35. The third-order valence-electron chi connectivity index (χ3n) is 4.82. The van der Waals surface area contributed by atoms with Gasteiger partial charge in [-0.3, -0.25) is 4.79 Å². The molecule has 0 atom stereocenters. The van der Waals surface area contributed by atoms with Crippen molar-refractivity contribution in [2.45, 2.75) is 0 Å². The van der Waals surface area contributed by atoms with Crippen LogP contribution in [-0.4, -0.2) is 49.0 Å². The summed E-state index contributed by atoms with van der Waals surface area (Å²) in [4.78, 5) is 21.9. The smallest absolute Gasteiger partial charge is 0.275 e. The number of hydrogen-bond acceptors (Lipinski definition) is 5. The number of benzene rings is 2. The Labute approximate surface area is 173 Å². The summed E-state index contributed by atoms with van der Waals surface area (Å²) in [7, 11) is 2.13. The molecule has 0 saturated carbocycles. The Balaban J connectivity index is 1.51. The SMILES string of the molecule is CN1CCN(c2ccccc2NC(=O)c2csc(-c3ccc(Cl)cc3)n2)CC1. The van der Waals surface area contributed by atoms with Crippen LogP contribution >= 0.6 is 22.9 Å². The van der Waals surface area contributed by atoms with E-state index < -0.39 is 0 Å². The maximum absolute atomic E-state index is 12.8. The molecule has 1 saturated heterocycles. The Morgan fingerprint density at radius 3 is 2.54 bits per heavy atom. The summed E-state index contributed by atoms with van der Waals surface area (Å²) >= 11 is 7.39. The van der Waals surface area contributed by atoms with Crippen molar-refractivity contribution in [3.05, 3.63) is 64.6 Å². The Kier molecular flexibility index (Phi) is 5.62. The molecule has 0 unspecified atom stereocenters. The molecular weight excluding hydrogens is 392 g/mol. The summed E-state index contributed by atoms with van der Waals surface area (Å²) in [5, 5.41) is 6.31. The van der Waals surface area contributed by atoms with Gasteiger partial charge in [-0.1, -0.05) is 35.9 Å². The van der Waals surface area contributed by atoms with Crippen molar-refractivity contribution in [1.82, 2.24) is 9.88 Å². The highest BCUT2D eigenvalue weighted by Gasteiger charge is 2.19. The fraction of sp³-hybridized carbons (Fsp3) is 0.238. The molecule has 1 aliphatic rings. The molecule has 144 valence electrons. The molecule has 1 N–H and O–H groups in total. The van der Waals surface area contributed by atoms with Crippen LogP contribution in [0.25, 0.3) is 10.6 Å². The zero-order valence-corrected chi connectivity index (χ0v) is 17.1. The molecule has 0 radical (unpaired) electrons. The number of thiazole rings is 1. The minimum absolute atomic E-state index is 0.196. The Bertz CT molecular complexity index is 965. The maximum atomic E-state index is 12.8. The lowest BCUT2D eigenvalue weighted by Crippen LogP contribution is -2.44. The topological polar surface area (TPSA) is 48.5 Å². The van der Waals surface area contributed by atoms with Gasteiger partial charge in [0.05, 0.1) is 11.4 Å². The van der Waals surface area contributed by atoms with Crippen LogP contribution in [-0.2, 0) is 0 Å². The zero-order valence-electron chi connectivity index (χ0n) is 15.6. The van der Waals surface area contributed by atoms with E-state index in [2.05, 4.69) is 33.2 Å². The summed E-state index contributed by atoms with van der Waals surface area (Å²) in [5.74, 6) is -0.196. The highest BCUT2D eigenvalue weighted by Crippen LogP contribution is 2.28. The normalized spacial score (nSPS) is 14.9. The predicted molar refractivity (Wildman–Crippen MR) is 117 cm³/mol. The van der Waals surface area contributed by atoms with Gasteiger partial charge in [-0.2, -0.15) is 0 Å². The van der Waals surface area contributed by atoms with Gasteiger partial charge in [0, 0.05) is 42.1 Å². The first-order valence-electron chi connectivity index (χ1n) is 9.15. The first kappa shape index (κ1) is 18.9. The van der Waals surface area contributed by atoms with Crippen molar-refractivity contribution < 1.29 is 4.79 Å². The van der Waals surface area contributed by atoms with Crippen LogP contribution in [0.4, 0.5) is 11.4 Å². The van der Waals surface area contributed by atoms with Crippen molar-refractivity contribution in [2.75, 3.05) is 43.4 Å². The van der Waals surface area contributed by atoms with Crippen LogP contribution in [0.15, 0.2) is 53.9 Å². The standard InChI is InChI=1S/C21H21ClN4OS/c1-25-10-12-26(13-11-25)19-5-3-2-4-17(19)23-20(27)18-14-28-21(24-18)15-6-8-16(22)9-7-15/h2-9,14H,10-13H2,1H3,(H,23,27). The van der Waals surface area contributed by atoms with Gasteiger partial charge in [-0.05, 0) is 31.3 Å². The van der Waals surface area contributed by atoms with Gasteiger partial charge in [0.1, 0.15) is 10.7 Å². The number of piperazine rings is 1. The number of amides is 1. The highest BCUT2D eigenvalue weighted by molar-refractivity contribution is 7.13. The van der Waals surface area contributed by atoms with Crippen LogP contribution in [0.3, 0.4) is 0 Å². The number of rotatable bonds is 4. The molecular formula is C21H21ClN4OS. The molecule has 0 aliphatic carbocycles. The van der Waals surface area contributed by atoms with Crippen LogP contribution in [0, 0.1) is 0 Å². The second-order valence-electron chi connectivity index (χ2n) is 6.81. The van der Waals surface area contributed by atoms with Crippen molar-refractivity contribution in [3.63, 3.8) is 0 Å². The Morgan fingerprint density at radius 2 is 1.79 bits per heavy atom. The first-order chi connectivity index (χ1) is 13.6. The van der Waals surface area contributed by atoms with E-state index in [0.29, 0.717) is 10.7 Å². The molecule has 1 aromatic heterocycles. The molecule has 3 aromatic rings. The van der Waals surface area contributed by atoms with E-state index in [-0.39, 0.29) is 5.91 Å². The van der Waals surface area contributed by atoms with Crippen molar-refractivity contribution >= 4 is 40.2 Å². The Hall–Kier alpha value is -2.41. The van der Waals surface area contributed by atoms with Crippen LogP contribution in [0.1, 0.15) is 10.5 Å². The van der Waals surface area contributed by atoms with Crippen LogP contribution < -0.4 is 10.2 Å². The Morgan fingerprint density at radius 1 is 1.07 bits per heavy atom. The van der Waals surface area contributed by atoms with Gasteiger partial charge >= 0.3 is 0 Å². The van der Waals surface area contributed by atoms with Crippen molar-refractivity contribution in [1.29, 1.82) is 0 Å². The molecule has 28 heavy (non-hydrogen) atoms. The maximum Gasteiger partial charge on any atom is 0.275 e. The third-order valence-corrected chi connectivity index (χ3v) is 5.97. The van der Waals surface area contributed by atoms with E-state index in [9.17, 15) is 4.79 Å². The van der Waals surface area contributed by atoms with E-state index in [1.54, 1.807) is 5.38 Å². The van der Waals surface area contributed by atoms with Crippen LogP contribution in [0.2, 0.25) is 5.02 Å². The summed E-state index contributed by atoms with van der Waals surface area (Å²) in [6.07, 6.45) is 0. The second-order valence-corrected chi connectivity index (χ2v) is 8.10. The largest absolute Gasteiger partial charge is 0.367 e. The van der Waals surface area contributed by atoms with E-state index in [1.165, 1.54) is 11.3 Å². The van der Waals surface area contributed by atoms with Gasteiger partial charge in [0.2, 0.25) is 0 Å². The van der Waals surface area contributed by atoms with Gasteiger partial charge in [-0.25, -0.2) is 4.98 Å². The van der Waals surface area contributed by atoms with E-state index in [1.807, 2.05) is 42.5 Å². The van der Waals surface area contributed by atoms with E-state index >= 15 is 0 Å². The summed E-state index contributed by atoms with van der Waals surface area (Å²) < 4.78 is 0. The number of aromatic nitrogens is 1. The van der Waals surface area contributed by atoms with Crippen molar-refractivity contribution in [2.24, 2.45) is 0 Å². The highest BCUT2D eigenvalue weighted by atomic mass is 35.5. The number of anilines is 2. The van der Waals surface area contributed by atoms with E-state index in [4.69, 9.17) is 11.6 Å². The zero-order chi connectivity index (χ0) is 19.5. The molecule has 0 spiro atoms. The monoisotopic (exact) mass is 412 g/mol. The minimum Gasteiger partial charge on any atom is -0.367 e. The van der Waals surface area contributed by atoms with E-state index in [0.717, 1.165) is 48.1 Å². The molecule has 4 rings (SSSR count). The quantitative estimate of drug-likeness (QED) is 0.686. The van der Waals surface area contributed by atoms with Crippen molar-refractivity contribution in [3.8, 4) is 10.6 Å². The molecule has 0 bridgehead atoms.